The van der Waals surface area contributed by atoms with Gasteiger partial charge in [-0.05, 0) is 56.2 Å². The van der Waals surface area contributed by atoms with Gasteiger partial charge in [0.05, 0.1) is 6.54 Å². The molecule has 9 nitrogen and oxygen atoms in total. The van der Waals surface area contributed by atoms with E-state index in [2.05, 4.69) is 22.4 Å². The molecule has 0 fully saturated rings. The lowest BCUT2D eigenvalue weighted by molar-refractivity contribution is -0.135. The monoisotopic (exact) mass is 462 g/mol. The second-order valence-corrected chi connectivity index (χ2v) is 8.37. The minimum atomic E-state index is -0.710. The first-order valence-electron chi connectivity index (χ1n) is 12.0. The number of carbonyl (C=O) groups excluding carboxylic acids is 2. The third-order valence-electron chi connectivity index (χ3n) is 5.61. The highest BCUT2D eigenvalue weighted by atomic mass is 16.5. The summed E-state index contributed by atoms with van der Waals surface area (Å²) in [4.78, 5) is 27.9. The van der Waals surface area contributed by atoms with Crippen LogP contribution in [0.3, 0.4) is 0 Å². The molecule has 1 atom stereocenters. The van der Waals surface area contributed by atoms with Crippen LogP contribution in [0.1, 0.15) is 81.8 Å². The lowest BCUT2D eigenvalue weighted by Gasteiger charge is -2.16. The number of rotatable bonds is 18. The minimum absolute atomic E-state index is 0.111. The van der Waals surface area contributed by atoms with Crippen molar-refractivity contribution in [3.63, 3.8) is 0 Å². The molecule has 0 saturated heterocycles. The molecule has 0 aliphatic rings. The standard InChI is InChI=1S/C24H42N6O3/c25-17-11-10-15-21(23(32)30-33)29-22(31)16-7-5-3-1-2-4-6-12-19-13-8-9-14-20(19)18-28-24(26)27/h8-9,13-14,21,33H,1-7,10-12,15-18,25H2,(H,29,31)(H,30,32)(H4,26,27,28)/t21-/m1/s1. The lowest BCUT2D eigenvalue weighted by atomic mass is 10.00. The average molecular weight is 463 g/mol. The van der Waals surface area contributed by atoms with E-state index in [1.807, 2.05) is 12.1 Å². The zero-order valence-electron chi connectivity index (χ0n) is 19.7. The van der Waals surface area contributed by atoms with E-state index in [4.69, 9.17) is 22.4 Å². The molecule has 2 amide bonds. The number of nitrogens with zero attached hydrogens (tertiary/aromatic N) is 1. The Morgan fingerprint density at radius 2 is 1.55 bits per heavy atom. The molecule has 0 aliphatic carbocycles. The molecule has 0 bridgehead atoms. The van der Waals surface area contributed by atoms with E-state index >= 15 is 0 Å². The summed E-state index contributed by atoms with van der Waals surface area (Å²) in [6.07, 6.45) is 10.8. The number of aryl methyl sites for hydroxylation is 1. The number of guanidine groups is 1. The minimum Gasteiger partial charge on any atom is -0.370 e. The van der Waals surface area contributed by atoms with Crippen molar-refractivity contribution in [2.75, 3.05) is 6.54 Å². The number of nitrogens with one attached hydrogen (secondary N) is 2. The quantitative estimate of drug-likeness (QED) is 0.0642. The van der Waals surface area contributed by atoms with Crippen molar-refractivity contribution < 1.29 is 14.8 Å². The maximum atomic E-state index is 12.1. The van der Waals surface area contributed by atoms with Gasteiger partial charge < -0.3 is 22.5 Å². The molecule has 0 aliphatic heterocycles. The first kappa shape index (κ1) is 28.4. The van der Waals surface area contributed by atoms with Crippen molar-refractivity contribution >= 4 is 17.8 Å². The van der Waals surface area contributed by atoms with Crippen LogP contribution in [-0.2, 0) is 22.6 Å². The molecule has 0 heterocycles. The van der Waals surface area contributed by atoms with Gasteiger partial charge in [-0.15, -0.1) is 0 Å². The van der Waals surface area contributed by atoms with Gasteiger partial charge in [-0.1, -0.05) is 56.4 Å². The summed E-state index contributed by atoms with van der Waals surface area (Å²) >= 11 is 0. The highest BCUT2D eigenvalue weighted by molar-refractivity contribution is 5.86. The van der Waals surface area contributed by atoms with Crippen molar-refractivity contribution in [1.82, 2.24) is 10.8 Å². The van der Waals surface area contributed by atoms with Crippen LogP contribution in [0, 0.1) is 0 Å². The van der Waals surface area contributed by atoms with Gasteiger partial charge in [0.2, 0.25) is 5.91 Å². The molecule has 1 rings (SSSR count). The first-order valence-corrected chi connectivity index (χ1v) is 12.0. The Morgan fingerprint density at radius 1 is 0.909 bits per heavy atom. The Kier molecular flexibility index (Phi) is 15.4. The number of hydroxylamine groups is 1. The summed E-state index contributed by atoms with van der Waals surface area (Å²) in [5.41, 5.74) is 20.4. The van der Waals surface area contributed by atoms with Crippen molar-refractivity contribution in [1.29, 1.82) is 0 Å². The smallest absolute Gasteiger partial charge is 0.265 e. The number of nitrogens with two attached hydrogens (primary N) is 3. The molecule has 9 N–H and O–H groups in total. The van der Waals surface area contributed by atoms with Crippen molar-refractivity contribution in [3.05, 3.63) is 35.4 Å². The summed E-state index contributed by atoms with van der Waals surface area (Å²) in [7, 11) is 0. The van der Waals surface area contributed by atoms with Gasteiger partial charge in [-0.25, -0.2) is 10.5 Å². The SMILES string of the molecule is NCCCC[C@@H](NC(=O)CCCCCCCCCc1ccccc1CN=C(N)N)C(=O)NO. The van der Waals surface area contributed by atoms with Gasteiger partial charge in [0.1, 0.15) is 6.04 Å². The van der Waals surface area contributed by atoms with Gasteiger partial charge in [-0.2, -0.15) is 0 Å². The van der Waals surface area contributed by atoms with E-state index < -0.39 is 11.9 Å². The van der Waals surface area contributed by atoms with Crippen LogP contribution in [0.25, 0.3) is 0 Å². The van der Waals surface area contributed by atoms with Crippen molar-refractivity contribution in [3.8, 4) is 0 Å². The van der Waals surface area contributed by atoms with Crippen molar-refractivity contribution in [2.24, 2.45) is 22.2 Å². The van der Waals surface area contributed by atoms with Crippen LogP contribution in [0.5, 0.6) is 0 Å². The maximum Gasteiger partial charge on any atom is 0.265 e. The second-order valence-electron chi connectivity index (χ2n) is 8.37. The van der Waals surface area contributed by atoms with Gasteiger partial charge in [0.15, 0.2) is 5.96 Å². The normalized spacial score (nSPS) is 11.6. The molecule has 0 spiro atoms. The van der Waals surface area contributed by atoms with Crippen LogP contribution in [-0.4, -0.2) is 35.6 Å². The lowest BCUT2D eigenvalue weighted by Crippen LogP contribution is -2.45. The zero-order valence-corrected chi connectivity index (χ0v) is 19.7. The summed E-state index contributed by atoms with van der Waals surface area (Å²) in [5.74, 6) is -0.629. The maximum absolute atomic E-state index is 12.1. The highest BCUT2D eigenvalue weighted by Crippen LogP contribution is 2.15. The van der Waals surface area contributed by atoms with Gasteiger partial charge in [0, 0.05) is 6.42 Å². The topological polar surface area (TPSA) is 169 Å². The number of amides is 2. The number of benzene rings is 1. The van der Waals surface area contributed by atoms with E-state index in [9.17, 15) is 9.59 Å². The molecule has 1 aromatic carbocycles. The Balaban J connectivity index is 2.14. The summed E-state index contributed by atoms with van der Waals surface area (Å²) < 4.78 is 0. The Hall–Kier alpha value is -2.65. The fraction of sp³-hybridized carbons (Fsp3) is 0.625. The fourth-order valence-electron chi connectivity index (χ4n) is 3.72. The largest absolute Gasteiger partial charge is 0.370 e. The summed E-state index contributed by atoms with van der Waals surface area (Å²) in [5, 5.41) is 11.5. The number of unbranched alkanes of at least 4 members (excludes halogenated alkanes) is 7. The van der Waals surface area contributed by atoms with Crippen LogP contribution in [0.4, 0.5) is 0 Å². The molecule has 186 valence electrons. The van der Waals surface area contributed by atoms with Crippen LogP contribution in [0.15, 0.2) is 29.3 Å². The predicted octanol–water partition coefficient (Wildman–Crippen LogP) is 2.24. The third-order valence-corrected chi connectivity index (χ3v) is 5.61. The molecule has 0 unspecified atom stereocenters. The fourth-order valence-corrected chi connectivity index (χ4v) is 3.72. The number of aliphatic imine (C=N–C) groups is 1. The molecular formula is C24H42N6O3. The molecule has 0 radical (unpaired) electrons. The van der Waals surface area contributed by atoms with E-state index in [1.54, 1.807) is 5.48 Å². The summed E-state index contributed by atoms with van der Waals surface area (Å²) in [6.45, 7) is 1.05. The molecule has 33 heavy (non-hydrogen) atoms. The van der Waals surface area contributed by atoms with Crippen molar-refractivity contribution in [2.45, 2.75) is 89.6 Å². The molecule has 0 aromatic heterocycles. The molecule has 1 aromatic rings. The Morgan fingerprint density at radius 3 is 2.18 bits per heavy atom. The van der Waals surface area contributed by atoms with Gasteiger partial charge >= 0.3 is 0 Å². The number of hydrogen-bond donors (Lipinski definition) is 6. The first-order chi connectivity index (χ1) is 16.0. The van der Waals surface area contributed by atoms with E-state index in [1.165, 1.54) is 17.5 Å². The average Bonchev–Trinajstić information content (AvgIpc) is 2.81. The second kappa shape index (κ2) is 17.9. The molecule has 0 saturated carbocycles. The van der Waals surface area contributed by atoms with E-state index in [0.717, 1.165) is 57.8 Å². The zero-order chi connectivity index (χ0) is 24.3. The Bertz CT molecular complexity index is 722. The highest BCUT2D eigenvalue weighted by Gasteiger charge is 2.19. The molecule has 9 heteroatoms. The van der Waals surface area contributed by atoms with Gasteiger partial charge in [0.25, 0.3) is 5.91 Å². The Labute approximate surface area is 197 Å². The summed E-state index contributed by atoms with van der Waals surface area (Å²) in [6, 6.07) is 7.54. The molecular weight excluding hydrogens is 420 g/mol. The van der Waals surface area contributed by atoms with Crippen LogP contribution < -0.4 is 28.0 Å². The third kappa shape index (κ3) is 13.5. The number of carbonyl (C=O) groups is 2. The van der Waals surface area contributed by atoms with E-state index in [-0.39, 0.29) is 11.9 Å². The number of hydrogen-bond acceptors (Lipinski definition) is 5. The van der Waals surface area contributed by atoms with Gasteiger partial charge in [-0.3, -0.25) is 14.8 Å². The van der Waals surface area contributed by atoms with Crippen LogP contribution in [0.2, 0.25) is 0 Å². The predicted molar refractivity (Wildman–Crippen MR) is 131 cm³/mol. The van der Waals surface area contributed by atoms with Crippen LogP contribution >= 0.6 is 0 Å². The van der Waals surface area contributed by atoms with E-state index in [0.29, 0.717) is 25.9 Å².